The first-order chi connectivity index (χ1) is 21.5. The smallest absolute Gasteiger partial charge is 0.329 e. The molecule has 0 heterocycles. The lowest BCUT2D eigenvalue weighted by Crippen LogP contribution is -2.62. The molecule has 14 nitrogen and oxygen atoms in total. The molecule has 14 heteroatoms. The Morgan fingerprint density at radius 3 is 2.54 bits per heavy atom. The zero-order chi connectivity index (χ0) is 34.0. The first-order valence-corrected chi connectivity index (χ1v) is 15.8. The van der Waals surface area contributed by atoms with Gasteiger partial charge >= 0.3 is 11.9 Å². The van der Waals surface area contributed by atoms with Crippen molar-refractivity contribution in [2.45, 2.75) is 90.4 Å². The molecule has 4 aliphatic rings. The van der Waals surface area contributed by atoms with E-state index in [9.17, 15) is 44.3 Å². The molecule has 0 aliphatic heterocycles. The average molecular weight is 649 g/mol. The van der Waals surface area contributed by atoms with Crippen molar-refractivity contribution >= 4 is 29.4 Å². The number of nitrogens with zero attached hydrogens (tertiary/aromatic N) is 1. The predicted octanol–water partition coefficient (Wildman–Crippen LogP) is 1.78. The summed E-state index contributed by atoms with van der Waals surface area (Å²) in [6.45, 7) is 5.72. The first kappa shape index (κ1) is 35.2. The second-order valence-corrected chi connectivity index (χ2v) is 13.6. The maximum absolute atomic E-state index is 13.7. The molecule has 1 amide bonds. The van der Waals surface area contributed by atoms with Crippen LogP contribution in [0.4, 0.5) is 0 Å². The number of hydrogen-bond acceptors (Lipinski definition) is 12. The summed E-state index contributed by atoms with van der Waals surface area (Å²) in [5, 5.41) is 35.3. The van der Waals surface area contributed by atoms with Gasteiger partial charge in [-0.2, -0.15) is 0 Å². The van der Waals surface area contributed by atoms with Crippen LogP contribution in [0.1, 0.15) is 72.6 Å². The summed E-state index contributed by atoms with van der Waals surface area (Å²) in [5.74, 6) is -4.06. The number of ketones is 2. The summed E-state index contributed by atoms with van der Waals surface area (Å²) in [5.41, 5.74) is -2.40. The minimum absolute atomic E-state index is 0.00871. The Hall–Kier alpha value is -3.65. The van der Waals surface area contributed by atoms with Gasteiger partial charge in [0.25, 0.3) is 5.09 Å². The van der Waals surface area contributed by atoms with Crippen molar-refractivity contribution in [2.75, 3.05) is 19.8 Å². The molecule has 0 radical (unpaired) electrons. The topological polar surface area (TPSA) is 209 Å². The van der Waals surface area contributed by atoms with Gasteiger partial charge in [0.2, 0.25) is 11.7 Å². The Balaban J connectivity index is 1.39. The molecule has 4 aliphatic carbocycles. The number of nitrogens with one attached hydrogen (secondary N) is 1. The minimum atomic E-state index is -1.89. The molecule has 254 valence electrons. The Morgan fingerprint density at radius 1 is 1.17 bits per heavy atom. The van der Waals surface area contributed by atoms with Gasteiger partial charge in [0.1, 0.15) is 11.6 Å². The van der Waals surface area contributed by atoms with Crippen LogP contribution < -0.4 is 5.32 Å². The number of rotatable bonds is 13. The molecule has 46 heavy (non-hydrogen) atoms. The van der Waals surface area contributed by atoms with Crippen molar-refractivity contribution in [3.8, 4) is 0 Å². The number of ether oxygens (including phenoxy) is 2. The molecule has 3 N–H and O–H groups in total. The number of carbonyl (C=O) groups is 5. The van der Waals surface area contributed by atoms with E-state index < -0.39 is 76.2 Å². The van der Waals surface area contributed by atoms with E-state index in [2.05, 4.69) is 10.2 Å². The lowest BCUT2D eigenvalue weighted by molar-refractivity contribution is -0.757. The molecule has 0 aromatic carbocycles. The third kappa shape index (κ3) is 6.59. The number of hydrogen-bond donors (Lipinski definition) is 3. The highest BCUT2D eigenvalue weighted by Crippen LogP contribution is 2.68. The molecule has 9 atom stereocenters. The van der Waals surface area contributed by atoms with Gasteiger partial charge in [0.05, 0.1) is 25.7 Å². The number of aliphatic hydroxyl groups excluding tert-OH is 1. The fourth-order valence-electron chi connectivity index (χ4n) is 8.79. The molecule has 3 saturated carbocycles. The van der Waals surface area contributed by atoms with Gasteiger partial charge < -0.3 is 29.8 Å². The van der Waals surface area contributed by atoms with Crippen LogP contribution in [0.25, 0.3) is 0 Å². The fourth-order valence-corrected chi connectivity index (χ4v) is 8.79. The van der Waals surface area contributed by atoms with Crippen LogP contribution in [0, 0.1) is 44.6 Å². The number of fused-ring (bicyclic) bond motifs is 5. The third-order valence-electron chi connectivity index (χ3n) is 10.9. The molecule has 0 saturated heterocycles. The third-order valence-corrected chi connectivity index (χ3v) is 10.9. The summed E-state index contributed by atoms with van der Waals surface area (Å²) in [6.07, 6.45) is 6.18. The number of Topliss-reactive ketones (excluding diaryl/α,β-unsaturated/α-hetero) is 1. The van der Waals surface area contributed by atoms with E-state index in [1.165, 1.54) is 0 Å². The molecule has 3 fully saturated rings. The normalized spacial score (nSPS) is 35.0. The van der Waals surface area contributed by atoms with Crippen molar-refractivity contribution in [1.82, 2.24) is 5.32 Å². The van der Waals surface area contributed by atoms with E-state index in [1.807, 2.05) is 19.9 Å². The maximum Gasteiger partial charge on any atom is 0.329 e. The summed E-state index contributed by atoms with van der Waals surface area (Å²) < 4.78 is 10.3. The van der Waals surface area contributed by atoms with Gasteiger partial charge in [-0.3, -0.25) is 19.2 Å². The summed E-state index contributed by atoms with van der Waals surface area (Å²) >= 11 is 0. The van der Waals surface area contributed by atoms with Gasteiger partial charge in [0, 0.05) is 23.7 Å². The largest absolute Gasteiger partial charge is 0.464 e. The lowest BCUT2D eigenvalue weighted by atomic mass is 9.46. The Morgan fingerprint density at radius 2 is 1.87 bits per heavy atom. The Bertz CT molecular complexity index is 1330. The standard InChI is InChI=1S/C32H44N2O12/c1-18-13-23-22-8-7-20-14-21(36)9-10-30(20,3)28(22)25(37)16-31(23,4)32(18,41)26(38)17-45-27(39)15-24(33-19(2)35)29(40)44-11-5-6-12-46-34(42)43/h9-10,14,18,22-25,28,37,41H,5-8,11-13,15-17H2,1-4H3,(H,33,35)/t18-,22-,23-,24?,25-,28?,30-,31-,32-/m0/s1. The van der Waals surface area contributed by atoms with E-state index in [4.69, 9.17) is 9.47 Å². The zero-order valence-electron chi connectivity index (χ0n) is 26.7. The van der Waals surface area contributed by atoms with Crippen molar-refractivity contribution in [3.05, 3.63) is 33.9 Å². The molecular formula is C32H44N2O12. The maximum atomic E-state index is 13.7. The minimum Gasteiger partial charge on any atom is -0.464 e. The Labute approximate surface area is 267 Å². The van der Waals surface area contributed by atoms with Gasteiger partial charge in [-0.15, -0.1) is 10.1 Å². The first-order valence-electron chi connectivity index (χ1n) is 15.8. The molecule has 4 rings (SSSR count). The fraction of sp³-hybridized carbons (Fsp3) is 0.719. The summed E-state index contributed by atoms with van der Waals surface area (Å²) in [4.78, 5) is 77.1. The summed E-state index contributed by atoms with van der Waals surface area (Å²) in [7, 11) is 0. The van der Waals surface area contributed by atoms with Crippen LogP contribution in [0.2, 0.25) is 0 Å². The highest BCUT2D eigenvalue weighted by atomic mass is 16.9. The van der Waals surface area contributed by atoms with Crippen molar-refractivity contribution in [3.63, 3.8) is 0 Å². The van der Waals surface area contributed by atoms with Gasteiger partial charge in [-0.1, -0.05) is 32.4 Å². The SMILES string of the molecule is CC(=O)NC(CC(=O)OCC(=O)[C@@]1(O)[C@@H](C)C[C@H]2[C@@H]3CCC4=CC(=O)C=C[C@]4(C)C3[C@@H](O)C[C@@]21C)C(=O)OCCCCO[N+](=O)[O-]. The molecule has 0 spiro atoms. The number of amides is 1. The molecular weight excluding hydrogens is 604 g/mol. The molecule has 0 aromatic rings. The monoisotopic (exact) mass is 648 g/mol. The number of carbonyl (C=O) groups excluding carboxylic acids is 5. The number of esters is 2. The summed E-state index contributed by atoms with van der Waals surface area (Å²) in [6, 6.07) is -1.40. The molecule has 0 aromatic heterocycles. The van der Waals surface area contributed by atoms with Crippen molar-refractivity contribution in [2.24, 2.45) is 34.5 Å². The van der Waals surface area contributed by atoms with Gasteiger partial charge in [-0.25, -0.2) is 4.79 Å². The highest BCUT2D eigenvalue weighted by Gasteiger charge is 2.70. The zero-order valence-corrected chi connectivity index (χ0v) is 26.7. The predicted molar refractivity (Wildman–Crippen MR) is 159 cm³/mol. The van der Waals surface area contributed by atoms with Crippen LogP contribution in [0.15, 0.2) is 23.8 Å². The van der Waals surface area contributed by atoms with E-state index in [0.29, 0.717) is 19.3 Å². The number of aliphatic hydroxyl groups is 2. The van der Waals surface area contributed by atoms with E-state index in [-0.39, 0.29) is 56.0 Å². The van der Waals surface area contributed by atoms with Gasteiger partial charge in [0.15, 0.2) is 12.4 Å². The van der Waals surface area contributed by atoms with E-state index in [0.717, 1.165) is 12.5 Å². The van der Waals surface area contributed by atoms with Gasteiger partial charge in [-0.05, 0) is 68.4 Å². The number of allylic oxidation sites excluding steroid dienone is 4. The van der Waals surface area contributed by atoms with Crippen molar-refractivity contribution < 1.29 is 53.6 Å². The average Bonchev–Trinajstić information content (AvgIpc) is 3.18. The second kappa shape index (κ2) is 13.6. The van der Waals surface area contributed by atoms with Crippen LogP contribution >= 0.6 is 0 Å². The highest BCUT2D eigenvalue weighted by molar-refractivity contribution is 6.01. The van der Waals surface area contributed by atoms with Crippen LogP contribution in [0.3, 0.4) is 0 Å². The Kier molecular flexibility index (Phi) is 10.4. The molecule has 0 bridgehead atoms. The van der Waals surface area contributed by atoms with Crippen LogP contribution in [-0.4, -0.2) is 82.3 Å². The van der Waals surface area contributed by atoms with Crippen molar-refractivity contribution in [1.29, 1.82) is 0 Å². The quantitative estimate of drug-likeness (QED) is 0.113. The van der Waals surface area contributed by atoms with Crippen LogP contribution in [-0.2, 0) is 38.3 Å². The second-order valence-electron chi connectivity index (χ2n) is 13.6. The lowest BCUT2D eigenvalue weighted by Gasteiger charge is -2.59. The molecule has 2 unspecified atom stereocenters. The van der Waals surface area contributed by atoms with E-state index in [1.54, 1.807) is 19.1 Å². The van der Waals surface area contributed by atoms with E-state index >= 15 is 0 Å². The number of unbranched alkanes of at least 4 members (excludes halogenated alkanes) is 1. The van der Waals surface area contributed by atoms with Crippen LogP contribution in [0.5, 0.6) is 0 Å².